The van der Waals surface area contributed by atoms with Crippen LogP contribution in [-0.2, 0) is 11.2 Å². The first kappa shape index (κ1) is 16.1. The van der Waals surface area contributed by atoms with E-state index in [1.807, 2.05) is 6.20 Å². The lowest BCUT2D eigenvalue weighted by molar-refractivity contribution is 0.0688. The fraction of sp³-hybridized carbons (Fsp3) is 0.565. The third-order valence-corrected chi connectivity index (χ3v) is 7.54. The number of hydrogen-bond donors (Lipinski definition) is 0. The van der Waals surface area contributed by atoms with E-state index in [0.717, 1.165) is 31.7 Å². The second-order valence-electron chi connectivity index (χ2n) is 8.95. The number of fused-ring (bicyclic) bond motifs is 3. The van der Waals surface area contributed by atoms with Crippen LogP contribution in [0.15, 0.2) is 30.1 Å². The van der Waals surface area contributed by atoms with Crippen molar-refractivity contribution in [2.24, 2.45) is 5.41 Å². The van der Waals surface area contributed by atoms with Crippen molar-refractivity contribution in [1.82, 2.24) is 14.4 Å². The van der Waals surface area contributed by atoms with Gasteiger partial charge < -0.3 is 4.74 Å². The number of imidazole rings is 1. The minimum atomic E-state index is 0.628. The van der Waals surface area contributed by atoms with Gasteiger partial charge in [0.05, 0.1) is 36.5 Å². The van der Waals surface area contributed by atoms with Crippen molar-refractivity contribution in [3.63, 3.8) is 0 Å². The summed E-state index contributed by atoms with van der Waals surface area (Å²) < 4.78 is 7.83. The van der Waals surface area contributed by atoms with Gasteiger partial charge in [0, 0.05) is 18.5 Å². The minimum absolute atomic E-state index is 0.628. The first-order valence-electron chi connectivity index (χ1n) is 10.7. The third kappa shape index (κ3) is 2.53. The molecular formula is C23H27N3O. The summed E-state index contributed by atoms with van der Waals surface area (Å²) in [6.07, 6.45) is 20.6. The van der Waals surface area contributed by atoms with Gasteiger partial charge in [-0.25, -0.2) is 4.98 Å². The van der Waals surface area contributed by atoms with E-state index < -0.39 is 0 Å². The summed E-state index contributed by atoms with van der Waals surface area (Å²) in [5.41, 5.74) is 8.22. The fourth-order valence-corrected chi connectivity index (χ4v) is 5.70. The first-order chi connectivity index (χ1) is 13.3. The Morgan fingerprint density at radius 3 is 2.74 bits per heavy atom. The van der Waals surface area contributed by atoms with Crippen LogP contribution < -0.4 is 0 Å². The zero-order chi connectivity index (χ0) is 17.8. The topological polar surface area (TPSA) is 39.4 Å². The summed E-state index contributed by atoms with van der Waals surface area (Å²) in [5.74, 6) is 0.628. The molecule has 1 aliphatic heterocycles. The molecule has 2 fully saturated rings. The predicted molar refractivity (Wildman–Crippen MR) is 106 cm³/mol. The summed E-state index contributed by atoms with van der Waals surface area (Å²) in [7, 11) is 0. The van der Waals surface area contributed by atoms with Gasteiger partial charge in [0.15, 0.2) is 5.65 Å². The lowest BCUT2D eigenvalue weighted by Crippen LogP contribution is -2.33. The Hall–Kier alpha value is -1.94. The molecule has 0 aromatic carbocycles. The number of ether oxygens (including phenoxy) is 1. The maximum atomic E-state index is 5.51. The Morgan fingerprint density at radius 1 is 1.11 bits per heavy atom. The van der Waals surface area contributed by atoms with Crippen LogP contribution >= 0.6 is 0 Å². The fourth-order valence-electron chi connectivity index (χ4n) is 5.70. The van der Waals surface area contributed by atoms with Gasteiger partial charge in [-0.2, -0.15) is 0 Å². The highest BCUT2D eigenvalue weighted by Gasteiger charge is 2.40. The summed E-state index contributed by atoms with van der Waals surface area (Å²) in [5, 5.41) is 0. The van der Waals surface area contributed by atoms with Crippen LogP contribution in [0.1, 0.15) is 74.4 Å². The van der Waals surface area contributed by atoms with Crippen LogP contribution in [0.3, 0.4) is 0 Å². The van der Waals surface area contributed by atoms with E-state index in [-0.39, 0.29) is 0 Å². The standard InChI is InChI=1S/C23H27N3O/c1-8-23(9-1)10-4-17(5-11-23)20-15-26-21(25-20)14-24-19-3-2-18(22(19)26)16-6-12-27-13-7-16/h2,6,14-15,17H,1,3-5,7-13H2. The van der Waals surface area contributed by atoms with Gasteiger partial charge in [0.2, 0.25) is 0 Å². The molecule has 0 N–H and O–H groups in total. The highest BCUT2D eigenvalue weighted by molar-refractivity contribution is 5.82. The molecule has 4 aliphatic rings. The smallest absolute Gasteiger partial charge is 0.156 e. The van der Waals surface area contributed by atoms with Crippen LogP contribution in [0, 0.1) is 5.41 Å². The molecule has 3 aliphatic carbocycles. The predicted octanol–water partition coefficient (Wildman–Crippen LogP) is 4.84. The second-order valence-corrected chi connectivity index (χ2v) is 8.95. The molecule has 140 valence electrons. The highest BCUT2D eigenvalue weighted by atomic mass is 16.5. The van der Waals surface area contributed by atoms with Gasteiger partial charge in [-0.1, -0.05) is 18.6 Å². The number of aromatic nitrogens is 3. The monoisotopic (exact) mass is 361 g/mol. The highest BCUT2D eigenvalue weighted by Crippen LogP contribution is 2.54. The Balaban J connectivity index is 1.35. The molecule has 4 heteroatoms. The average molecular weight is 361 g/mol. The molecule has 2 saturated carbocycles. The molecule has 0 radical (unpaired) electrons. The Kier molecular flexibility index (Phi) is 3.59. The van der Waals surface area contributed by atoms with Gasteiger partial charge in [-0.3, -0.25) is 9.38 Å². The van der Waals surface area contributed by atoms with Crippen molar-refractivity contribution < 1.29 is 4.74 Å². The molecule has 2 aromatic rings. The molecule has 2 aromatic heterocycles. The van der Waals surface area contributed by atoms with E-state index >= 15 is 0 Å². The lowest BCUT2D eigenvalue weighted by atomic mass is 9.59. The van der Waals surface area contributed by atoms with Crippen LogP contribution in [0.4, 0.5) is 0 Å². The number of hydrogen-bond acceptors (Lipinski definition) is 3. The average Bonchev–Trinajstić information content (AvgIpc) is 3.31. The van der Waals surface area contributed by atoms with Crippen molar-refractivity contribution in [1.29, 1.82) is 0 Å². The summed E-state index contributed by atoms with van der Waals surface area (Å²) in [6, 6.07) is 0. The molecule has 0 atom stereocenters. The van der Waals surface area contributed by atoms with Crippen molar-refractivity contribution in [2.45, 2.75) is 63.7 Å². The largest absolute Gasteiger partial charge is 0.377 e. The quantitative estimate of drug-likeness (QED) is 0.768. The molecule has 0 saturated heterocycles. The molecule has 3 heterocycles. The van der Waals surface area contributed by atoms with E-state index in [0.29, 0.717) is 11.3 Å². The van der Waals surface area contributed by atoms with Gasteiger partial charge >= 0.3 is 0 Å². The normalized spacial score (nSPS) is 24.6. The maximum absolute atomic E-state index is 5.51. The van der Waals surface area contributed by atoms with Crippen LogP contribution in [0.2, 0.25) is 0 Å². The summed E-state index contributed by atoms with van der Waals surface area (Å²) in [6.45, 7) is 1.55. The van der Waals surface area contributed by atoms with Crippen molar-refractivity contribution >= 4 is 11.2 Å². The van der Waals surface area contributed by atoms with Gasteiger partial charge in [-0.05, 0) is 61.5 Å². The Bertz CT molecular complexity index is 953. The first-order valence-corrected chi connectivity index (χ1v) is 10.7. The van der Waals surface area contributed by atoms with E-state index in [4.69, 9.17) is 14.7 Å². The van der Waals surface area contributed by atoms with Crippen molar-refractivity contribution in [3.8, 4) is 0 Å². The van der Waals surface area contributed by atoms with Crippen LogP contribution in [0.5, 0.6) is 0 Å². The van der Waals surface area contributed by atoms with Crippen LogP contribution in [-0.4, -0.2) is 27.6 Å². The minimum Gasteiger partial charge on any atom is -0.377 e. The molecular weight excluding hydrogens is 334 g/mol. The lowest BCUT2D eigenvalue weighted by Gasteiger charge is -2.46. The summed E-state index contributed by atoms with van der Waals surface area (Å²) in [4.78, 5) is 9.76. The Morgan fingerprint density at radius 2 is 2.00 bits per heavy atom. The van der Waals surface area contributed by atoms with E-state index in [2.05, 4.69) is 22.7 Å². The number of allylic oxidation sites excluding steroid dienone is 2. The molecule has 6 rings (SSSR count). The van der Waals surface area contributed by atoms with E-state index in [1.54, 1.807) is 0 Å². The van der Waals surface area contributed by atoms with E-state index in [9.17, 15) is 0 Å². The molecule has 4 nitrogen and oxygen atoms in total. The molecule has 1 spiro atoms. The zero-order valence-electron chi connectivity index (χ0n) is 15.9. The van der Waals surface area contributed by atoms with Crippen molar-refractivity contribution in [2.75, 3.05) is 13.2 Å². The SMILES string of the molecule is C1=C(C2=CCc3ncc4nc(C5CCC6(CCC6)CC5)cn4c32)CCOC1. The van der Waals surface area contributed by atoms with Gasteiger partial charge in [0.25, 0.3) is 0 Å². The maximum Gasteiger partial charge on any atom is 0.156 e. The third-order valence-electron chi connectivity index (χ3n) is 7.54. The number of nitrogens with zero attached hydrogens (tertiary/aromatic N) is 3. The van der Waals surface area contributed by atoms with Crippen LogP contribution in [0.25, 0.3) is 11.2 Å². The molecule has 0 unspecified atom stereocenters. The molecule has 0 amide bonds. The summed E-state index contributed by atoms with van der Waals surface area (Å²) >= 11 is 0. The van der Waals surface area contributed by atoms with Gasteiger partial charge in [0.1, 0.15) is 0 Å². The van der Waals surface area contributed by atoms with Gasteiger partial charge in [-0.15, -0.1) is 0 Å². The molecule has 27 heavy (non-hydrogen) atoms. The zero-order valence-corrected chi connectivity index (χ0v) is 15.9. The van der Waals surface area contributed by atoms with Crippen molar-refractivity contribution in [3.05, 3.63) is 47.2 Å². The Labute approximate surface area is 160 Å². The number of rotatable bonds is 2. The van der Waals surface area contributed by atoms with E-state index in [1.165, 1.54) is 73.2 Å². The second kappa shape index (κ2) is 6.03. The molecule has 0 bridgehead atoms.